The quantitative estimate of drug-likeness (QED) is 0.678. The number of hydrogen-bond acceptors (Lipinski definition) is 3. The molecule has 146 valence electrons. The highest BCUT2D eigenvalue weighted by Crippen LogP contribution is 2.33. The number of amides is 1. The number of carbonyl (C=O) groups is 1. The van der Waals surface area contributed by atoms with E-state index in [0.29, 0.717) is 0 Å². The highest BCUT2D eigenvalue weighted by atomic mass is 16.5. The van der Waals surface area contributed by atoms with Crippen molar-refractivity contribution in [2.75, 3.05) is 30.4 Å². The monoisotopic (exact) mass is 377 g/mol. The van der Waals surface area contributed by atoms with Gasteiger partial charge in [0.2, 0.25) is 5.91 Å². The topological polar surface area (TPSA) is 57.4 Å². The number of aromatic nitrogens is 1. The van der Waals surface area contributed by atoms with E-state index in [9.17, 15) is 4.79 Å². The van der Waals surface area contributed by atoms with Crippen molar-refractivity contribution in [2.24, 2.45) is 0 Å². The minimum absolute atomic E-state index is 0.0369. The van der Waals surface area contributed by atoms with Gasteiger partial charge in [-0.2, -0.15) is 0 Å². The zero-order chi connectivity index (χ0) is 19.7. The molecule has 2 aromatic carbocycles. The molecule has 4 rings (SSSR count). The Morgan fingerprint density at radius 3 is 2.50 bits per heavy atom. The van der Waals surface area contributed by atoms with Gasteiger partial charge in [-0.25, -0.2) is 0 Å². The average molecular weight is 377 g/mol. The van der Waals surface area contributed by atoms with Crippen molar-refractivity contribution in [3.8, 4) is 5.75 Å². The maximum atomic E-state index is 13.1. The number of carbonyl (C=O) groups excluding carboxylic acids is 1. The average Bonchev–Trinajstić information content (AvgIpc) is 3.38. The molecule has 1 aliphatic heterocycles. The second-order valence-corrected chi connectivity index (χ2v) is 7.93. The van der Waals surface area contributed by atoms with Crippen LogP contribution in [0.15, 0.2) is 48.7 Å². The highest BCUT2D eigenvalue weighted by molar-refractivity contribution is 6.02. The fraction of sp³-hybridized carbons (Fsp3) is 0.348. The smallest absolute Gasteiger partial charge is 0.234 e. The molecule has 1 saturated heterocycles. The molecule has 28 heavy (non-hydrogen) atoms. The summed E-state index contributed by atoms with van der Waals surface area (Å²) in [6, 6.07) is 14.0. The van der Waals surface area contributed by atoms with E-state index >= 15 is 0 Å². The number of anilines is 2. The Bertz CT molecular complexity index is 983. The number of nitrogens with zero attached hydrogens (tertiary/aromatic N) is 1. The highest BCUT2D eigenvalue weighted by Gasteiger charge is 2.32. The first-order chi connectivity index (χ1) is 13.5. The number of benzene rings is 2. The molecule has 5 nitrogen and oxygen atoms in total. The number of aromatic amines is 1. The Morgan fingerprint density at radius 1 is 1.11 bits per heavy atom. The van der Waals surface area contributed by atoms with Gasteiger partial charge in [0, 0.05) is 41.6 Å². The van der Waals surface area contributed by atoms with Crippen LogP contribution in [0.3, 0.4) is 0 Å². The van der Waals surface area contributed by atoms with Crippen LogP contribution in [0.4, 0.5) is 11.4 Å². The molecule has 3 aromatic rings. The van der Waals surface area contributed by atoms with Crippen LogP contribution in [0.1, 0.15) is 32.3 Å². The van der Waals surface area contributed by atoms with Gasteiger partial charge in [0.05, 0.1) is 12.5 Å². The van der Waals surface area contributed by atoms with E-state index in [1.54, 1.807) is 7.11 Å². The van der Waals surface area contributed by atoms with Gasteiger partial charge in [0.25, 0.3) is 0 Å². The van der Waals surface area contributed by atoms with Crippen molar-refractivity contribution < 1.29 is 9.53 Å². The van der Waals surface area contributed by atoms with E-state index in [1.807, 2.05) is 50.4 Å². The van der Waals surface area contributed by atoms with Gasteiger partial charge in [-0.1, -0.05) is 0 Å². The molecule has 0 atom stereocenters. The van der Waals surface area contributed by atoms with E-state index in [0.717, 1.165) is 41.0 Å². The molecule has 1 fully saturated rings. The summed E-state index contributed by atoms with van der Waals surface area (Å²) in [6.45, 7) is 6.12. The van der Waals surface area contributed by atoms with E-state index in [-0.39, 0.29) is 5.91 Å². The summed E-state index contributed by atoms with van der Waals surface area (Å²) < 4.78 is 5.35. The summed E-state index contributed by atoms with van der Waals surface area (Å²) >= 11 is 0. The fourth-order valence-electron chi connectivity index (χ4n) is 3.88. The predicted octanol–water partition coefficient (Wildman–Crippen LogP) is 4.69. The molecule has 5 heteroatoms. The minimum atomic E-state index is -0.696. The van der Waals surface area contributed by atoms with E-state index in [1.165, 1.54) is 18.5 Å². The van der Waals surface area contributed by atoms with Gasteiger partial charge in [-0.05, 0) is 74.7 Å². The second kappa shape index (κ2) is 7.23. The number of rotatable bonds is 5. The van der Waals surface area contributed by atoms with Gasteiger partial charge in [-0.3, -0.25) is 4.79 Å². The number of H-pyrrole nitrogens is 1. The summed E-state index contributed by atoms with van der Waals surface area (Å²) in [5.41, 5.74) is 3.29. The first-order valence-corrected chi connectivity index (χ1v) is 9.81. The first kappa shape index (κ1) is 18.4. The second-order valence-electron chi connectivity index (χ2n) is 7.93. The van der Waals surface area contributed by atoms with Gasteiger partial charge >= 0.3 is 0 Å². The summed E-state index contributed by atoms with van der Waals surface area (Å²) in [5.74, 6) is 0.743. The molecule has 1 amide bonds. The zero-order valence-corrected chi connectivity index (χ0v) is 16.7. The maximum absolute atomic E-state index is 13.1. The van der Waals surface area contributed by atoms with Gasteiger partial charge in [0.15, 0.2) is 0 Å². The molecule has 0 spiro atoms. The Kier molecular flexibility index (Phi) is 4.75. The molecular formula is C23H27N3O2. The Labute approximate surface area is 165 Å². The SMILES string of the molecule is COc1ccc2[nH]cc(C(C)(C)C(=O)Nc3ccc(N4CCCC4)cc3)c2c1. The van der Waals surface area contributed by atoms with E-state index in [2.05, 4.69) is 27.3 Å². The van der Waals surface area contributed by atoms with Gasteiger partial charge in [0.1, 0.15) is 5.75 Å². The number of fused-ring (bicyclic) bond motifs is 1. The molecule has 1 aliphatic rings. The summed E-state index contributed by atoms with van der Waals surface area (Å²) in [6.07, 6.45) is 4.42. The normalized spacial score (nSPS) is 14.5. The Hall–Kier alpha value is -2.95. The zero-order valence-electron chi connectivity index (χ0n) is 16.7. The lowest BCUT2D eigenvalue weighted by atomic mass is 9.83. The van der Waals surface area contributed by atoms with Crippen molar-refractivity contribution in [1.82, 2.24) is 4.98 Å². The van der Waals surface area contributed by atoms with Crippen molar-refractivity contribution >= 4 is 28.2 Å². The van der Waals surface area contributed by atoms with Crippen LogP contribution in [-0.4, -0.2) is 31.1 Å². The predicted molar refractivity (Wildman–Crippen MR) is 114 cm³/mol. The van der Waals surface area contributed by atoms with Crippen LogP contribution in [0.25, 0.3) is 10.9 Å². The third-order valence-electron chi connectivity index (χ3n) is 5.73. The van der Waals surface area contributed by atoms with Crippen LogP contribution in [0, 0.1) is 0 Å². The van der Waals surface area contributed by atoms with Crippen molar-refractivity contribution in [2.45, 2.75) is 32.1 Å². The van der Waals surface area contributed by atoms with Crippen LogP contribution in [-0.2, 0) is 10.2 Å². The Morgan fingerprint density at radius 2 is 1.82 bits per heavy atom. The van der Waals surface area contributed by atoms with E-state index < -0.39 is 5.41 Å². The van der Waals surface area contributed by atoms with Crippen molar-refractivity contribution in [3.05, 3.63) is 54.2 Å². The molecule has 0 bridgehead atoms. The maximum Gasteiger partial charge on any atom is 0.234 e. The summed E-state index contributed by atoms with van der Waals surface area (Å²) in [7, 11) is 1.65. The number of methoxy groups -OCH3 is 1. The number of hydrogen-bond donors (Lipinski definition) is 2. The Balaban J connectivity index is 1.55. The van der Waals surface area contributed by atoms with Crippen LogP contribution >= 0.6 is 0 Å². The van der Waals surface area contributed by atoms with Gasteiger partial charge in [-0.15, -0.1) is 0 Å². The molecule has 0 aliphatic carbocycles. The van der Waals surface area contributed by atoms with Gasteiger partial charge < -0.3 is 19.9 Å². The molecule has 1 aromatic heterocycles. The lowest BCUT2D eigenvalue weighted by molar-refractivity contribution is -0.120. The lowest BCUT2D eigenvalue weighted by Crippen LogP contribution is -2.34. The van der Waals surface area contributed by atoms with Crippen molar-refractivity contribution in [1.29, 1.82) is 0 Å². The molecule has 0 unspecified atom stereocenters. The van der Waals surface area contributed by atoms with Crippen LogP contribution in [0.2, 0.25) is 0 Å². The molecule has 2 N–H and O–H groups in total. The first-order valence-electron chi connectivity index (χ1n) is 9.81. The molecule has 0 radical (unpaired) electrons. The third-order valence-corrected chi connectivity index (χ3v) is 5.73. The fourth-order valence-corrected chi connectivity index (χ4v) is 3.88. The molecular weight excluding hydrogens is 350 g/mol. The standard InChI is InChI=1S/C23H27N3O2/c1-23(2,20-15-24-21-11-10-18(28-3)14-19(20)21)22(27)25-16-6-8-17(9-7-16)26-12-4-5-13-26/h6-11,14-15,24H,4-5,12-13H2,1-3H3,(H,25,27). The third kappa shape index (κ3) is 3.33. The number of nitrogens with one attached hydrogen (secondary N) is 2. The largest absolute Gasteiger partial charge is 0.497 e. The molecule has 2 heterocycles. The van der Waals surface area contributed by atoms with Crippen LogP contribution in [0.5, 0.6) is 5.75 Å². The number of ether oxygens (including phenoxy) is 1. The summed E-state index contributed by atoms with van der Waals surface area (Å²) in [5, 5.41) is 4.08. The molecule has 0 saturated carbocycles. The minimum Gasteiger partial charge on any atom is -0.497 e. The lowest BCUT2D eigenvalue weighted by Gasteiger charge is -2.24. The van der Waals surface area contributed by atoms with Crippen molar-refractivity contribution in [3.63, 3.8) is 0 Å². The van der Waals surface area contributed by atoms with Crippen LogP contribution < -0.4 is 15.0 Å². The summed E-state index contributed by atoms with van der Waals surface area (Å²) in [4.78, 5) is 18.8. The van der Waals surface area contributed by atoms with E-state index in [4.69, 9.17) is 4.74 Å².